The van der Waals surface area contributed by atoms with E-state index in [-0.39, 0.29) is 0 Å². The van der Waals surface area contributed by atoms with Gasteiger partial charge in [0, 0.05) is 13.6 Å². The first kappa shape index (κ1) is 9.98. The van der Waals surface area contributed by atoms with E-state index in [1.165, 1.54) is 0 Å². The molecule has 2 aromatic rings. The predicted octanol–water partition coefficient (Wildman–Crippen LogP) is 1.30. The topological polar surface area (TPSA) is 39.1 Å². The molecule has 0 atom stereocenters. The maximum absolute atomic E-state index is 5.35. The number of ether oxygens (including phenoxy) is 1. The zero-order valence-electron chi connectivity index (χ0n) is 9.24. The van der Waals surface area contributed by atoms with Gasteiger partial charge in [0.1, 0.15) is 5.75 Å². The van der Waals surface area contributed by atoms with E-state index in [1.807, 2.05) is 37.0 Å². The normalized spacial score (nSPS) is 10.9. The molecule has 4 nitrogen and oxygen atoms in total. The van der Waals surface area contributed by atoms with Crippen LogP contribution in [0.4, 0.5) is 0 Å². The fraction of sp³-hybridized carbons (Fsp3) is 0.364. The quantitative estimate of drug-likeness (QED) is 0.821. The third kappa shape index (κ3) is 1.57. The number of hydrogen-bond donors (Lipinski definition) is 1. The number of hydrogen-bond acceptors (Lipinski definition) is 3. The first-order valence-corrected chi connectivity index (χ1v) is 4.91. The maximum Gasteiger partial charge on any atom is 0.130 e. The Labute approximate surface area is 88.8 Å². The molecule has 0 fully saturated rings. The summed E-state index contributed by atoms with van der Waals surface area (Å²) < 4.78 is 7.24. The molecule has 0 saturated heterocycles. The maximum atomic E-state index is 5.35. The molecular weight excluding hydrogens is 190 g/mol. The van der Waals surface area contributed by atoms with E-state index in [2.05, 4.69) is 10.4 Å². The molecule has 0 aliphatic carbocycles. The standard InChI is InChI=1S/C11H15N3O/c1-12-7-9-11-8(13-14(9)2)5-4-6-10(11)15-3/h4-6,12H,7H2,1-3H3. The zero-order chi connectivity index (χ0) is 10.8. The van der Waals surface area contributed by atoms with E-state index < -0.39 is 0 Å². The molecule has 0 aliphatic heterocycles. The number of fused-ring (bicyclic) bond motifs is 1. The summed E-state index contributed by atoms with van der Waals surface area (Å²) in [5.41, 5.74) is 2.12. The van der Waals surface area contributed by atoms with E-state index >= 15 is 0 Å². The predicted molar refractivity (Wildman–Crippen MR) is 60.0 cm³/mol. The van der Waals surface area contributed by atoms with Crippen molar-refractivity contribution in [2.45, 2.75) is 6.54 Å². The molecule has 0 spiro atoms. The summed E-state index contributed by atoms with van der Waals surface area (Å²) in [5.74, 6) is 0.880. The molecule has 0 bridgehead atoms. The second-order valence-corrected chi connectivity index (χ2v) is 3.46. The van der Waals surface area contributed by atoms with Gasteiger partial charge in [0.05, 0.1) is 23.7 Å². The molecule has 0 amide bonds. The monoisotopic (exact) mass is 205 g/mol. The van der Waals surface area contributed by atoms with Crippen LogP contribution in [0.25, 0.3) is 10.9 Å². The smallest absolute Gasteiger partial charge is 0.130 e. The van der Waals surface area contributed by atoms with Crippen LogP contribution < -0.4 is 10.1 Å². The van der Waals surface area contributed by atoms with E-state index in [1.54, 1.807) is 7.11 Å². The van der Waals surface area contributed by atoms with Crippen LogP contribution in [-0.2, 0) is 13.6 Å². The molecule has 1 aromatic carbocycles. The molecule has 0 radical (unpaired) electrons. The number of aryl methyl sites for hydroxylation is 1. The average Bonchev–Trinajstić information content (AvgIpc) is 2.56. The number of rotatable bonds is 3. The van der Waals surface area contributed by atoms with Crippen molar-refractivity contribution in [3.63, 3.8) is 0 Å². The summed E-state index contributed by atoms with van der Waals surface area (Å²) in [6, 6.07) is 5.91. The van der Waals surface area contributed by atoms with Gasteiger partial charge < -0.3 is 10.1 Å². The van der Waals surface area contributed by atoms with Gasteiger partial charge in [-0.2, -0.15) is 5.10 Å². The van der Waals surface area contributed by atoms with Crippen LogP contribution in [0.2, 0.25) is 0 Å². The fourth-order valence-corrected chi connectivity index (χ4v) is 1.82. The molecule has 80 valence electrons. The Hall–Kier alpha value is -1.55. The van der Waals surface area contributed by atoms with Gasteiger partial charge in [0.25, 0.3) is 0 Å². The Balaban J connectivity index is 2.71. The van der Waals surface area contributed by atoms with E-state index in [9.17, 15) is 0 Å². The number of aromatic nitrogens is 2. The number of nitrogens with one attached hydrogen (secondary N) is 1. The van der Waals surface area contributed by atoms with E-state index in [0.29, 0.717) is 0 Å². The number of methoxy groups -OCH3 is 1. The molecule has 15 heavy (non-hydrogen) atoms. The average molecular weight is 205 g/mol. The van der Waals surface area contributed by atoms with Gasteiger partial charge in [-0.25, -0.2) is 0 Å². The second-order valence-electron chi connectivity index (χ2n) is 3.46. The van der Waals surface area contributed by atoms with Gasteiger partial charge in [-0.15, -0.1) is 0 Å². The first-order chi connectivity index (χ1) is 7.27. The van der Waals surface area contributed by atoms with Gasteiger partial charge in [-0.3, -0.25) is 4.68 Å². The molecule has 1 aromatic heterocycles. The van der Waals surface area contributed by atoms with E-state index in [4.69, 9.17) is 4.74 Å². The minimum Gasteiger partial charge on any atom is -0.496 e. The van der Waals surface area contributed by atoms with Crippen molar-refractivity contribution in [3.05, 3.63) is 23.9 Å². The fourth-order valence-electron chi connectivity index (χ4n) is 1.82. The molecule has 1 heterocycles. The van der Waals surface area contributed by atoms with Crippen molar-refractivity contribution in [2.75, 3.05) is 14.2 Å². The summed E-state index contributed by atoms with van der Waals surface area (Å²) in [7, 11) is 5.56. The summed E-state index contributed by atoms with van der Waals surface area (Å²) in [6.45, 7) is 0.785. The van der Waals surface area contributed by atoms with Gasteiger partial charge in [0.15, 0.2) is 0 Å². The summed E-state index contributed by atoms with van der Waals surface area (Å²) in [5, 5.41) is 8.67. The lowest BCUT2D eigenvalue weighted by Gasteiger charge is -2.04. The van der Waals surface area contributed by atoms with Gasteiger partial charge in [-0.1, -0.05) is 6.07 Å². The van der Waals surface area contributed by atoms with Crippen molar-refractivity contribution in [2.24, 2.45) is 7.05 Å². The molecule has 1 N–H and O–H groups in total. The number of nitrogens with zero attached hydrogens (tertiary/aromatic N) is 2. The SMILES string of the molecule is CNCc1c2c(OC)cccc2nn1C. The van der Waals surface area contributed by atoms with Gasteiger partial charge >= 0.3 is 0 Å². The van der Waals surface area contributed by atoms with Crippen LogP contribution >= 0.6 is 0 Å². The third-order valence-corrected chi connectivity index (χ3v) is 2.51. The Morgan fingerprint density at radius 1 is 1.47 bits per heavy atom. The lowest BCUT2D eigenvalue weighted by Crippen LogP contribution is -2.10. The molecule has 0 aliphatic rings. The van der Waals surface area contributed by atoms with Crippen molar-refractivity contribution in [3.8, 4) is 5.75 Å². The van der Waals surface area contributed by atoms with Crippen LogP contribution in [0.15, 0.2) is 18.2 Å². The van der Waals surface area contributed by atoms with Crippen molar-refractivity contribution in [1.82, 2.24) is 15.1 Å². The highest BCUT2D eigenvalue weighted by Crippen LogP contribution is 2.27. The first-order valence-electron chi connectivity index (χ1n) is 4.91. The van der Waals surface area contributed by atoms with Gasteiger partial charge in [-0.05, 0) is 19.2 Å². The third-order valence-electron chi connectivity index (χ3n) is 2.51. The highest BCUT2D eigenvalue weighted by atomic mass is 16.5. The minimum atomic E-state index is 0.785. The Kier molecular flexibility index (Phi) is 2.60. The van der Waals surface area contributed by atoms with Crippen LogP contribution in [-0.4, -0.2) is 23.9 Å². The van der Waals surface area contributed by atoms with Crippen LogP contribution in [0.1, 0.15) is 5.69 Å². The second kappa shape index (κ2) is 3.90. The minimum absolute atomic E-state index is 0.785. The lowest BCUT2D eigenvalue weighted by atomic mass is 10.2. The van der Waals surface area contributed by atoms with Gasteiger partial charge in [0.2, 0.25) is 0 Å². The summed E-state index contributed by atoms with van der Waals surface area (Å²) in [4.78, 5) is 0. The van der Waals surface area contributed by atoms with Crippen LogP contribution in [0.5, 0.6) is 5.75 Å². The molecular formula is C11H15N3O. The summed E-state index contributed by atoms with van der Waals surface area (Å²) >= 11 is 0. The number of benzene rings is 1. The molecule has 4 heteroatoms. The van der Waals surface area contributed by atoms with Crippen molar-refractivity contribution >= 4 is 10.9 Å². The Bertz CT molecular complexity index is 476. The largest absolute Gasteiger partial charge is 0.496 e. The molecule has 0 saturated carbocycles. The highest BCUT2D eigenvalue weighted by molar-refractivity contribution is 5.87. The summed E-state index contributed by atoms with van der Waals surface area (Å²) in [6.07, 6.45) is 0. The molecule has 0 unspecified atom stereocenters. The molecule has 2 rings (SSSR count). The Morgan fingerprint density at radius 3 is 2.93 bits per heavy atom. The Morgan fingerprint density at radius 2 is 2.27 bits per heavy atom. The van der Waals surface area contributed by atoms with Crippen LogP contribution in [0.3, 0.4) is 0 Å². The van der Waals surface area contributed by atoms with E-state index in [0.717, 1.165) is 28.9 Å². The van der Waals surface area contributed by atoms with Crippen molar-refractivity contribution in [1.29, 1.82) is 0 Å². The lowest BCUT2D eigenvalue weighted by molar-refractivity contribution is 0.419. The highest BCUT2D eigenvalue weighted by Gasteiger charge is 2.12. The van der Waals surface area contributed by atoms with Crippen LogP contribution in [0, 0.1) is 0 Å². The van der Waals surface area contributed by atoms with Crippen molar-refractivity contribution < 1.29 is 4.74 Å². The zero-order valence-corrected chi connectivity index (χ0v) is 9.24.